The summed E-state index contributed by atoms with van der Waals surface area (Å²) < 4.78 is 10.8. The number of carbonyl (C=O) groups excluding carboxylic acids is 1. The summed E-state index contributed by atoms with van der Waals surface area (Å²) in [6.07, 6.45) is 4.80. The predicted molar refractivity (Wildman–Crippen MR) is 87.5 cm³/mol. The number of amides is 1. The molecular weight excluding hydrogens is 306 g/mol. The van der Waals surface area contributed by atoms with Gasteiger partial charge in [-0.3, -0.25) is 4.79 Å². The molecule has 124 valence electrons. The van der Waals surface area contributed by atoms with E-state index in [1.165, 1.54) is 0 Å². The van der Waals surface area contributed by atoms with Gasteiger partial charge in [0.2, 0.25) is 5.89 Å². The van der Waals surface area contributed by atoms with E-state index in [9.17, 15) is 4.79 Å². The van der Waals surface area contributed by atoms with Crippen LogP contribution >= 0.6 is 0 Å². The third-order valence-corrected chi connectivity index (χ3v) is 4.66. The molecule has 0 unspecified atom stereocenters. The van der Waals surface area contributed by atoms with Gasteiger partial charge in [0.05, 0.1) is 0 Å². The number of fused-ring (bicyclic) bond motifs is 1. The Morgan fingerprint density at radius 3 is 2.71 bits per heavy atom. The summed E-state index contributed by atoms with van der Waals surface area (Å²) in [5.74, 6) is 1.13. The first-order valence-electron chi connectivity index (χ1n) is 8.28. The minimum Gasteiger partial charge on any atom is -0.451 e. The van der Waals surface area contributed by atoms with Gasteiger partial charge in [-0.05, 0) is 25.0 Å². The van der Waals surface area contributed by atoms with Gasteiger partial charge in [-0.1, -0.05) is 42.6 Å². The number of hydrogen-bond acceptors (Lipinski definition) is 5. The van der Waals surface area contributed by atoms with Crippen molar-refractivity contribution >= 4 is 16.9 Å². The number of benzene rings is 1. The van der Waals surface area contributed by atoms with Crippen LogP contribution in [0.2, 0.25) is 0 Å². The lowest BCUT2D eigenvalue weighted by molar-refractivity contribution is 0.0829. The standard InChI is InChI=1S/C18H19N3O3/c1-12-19-17(21-24-12)18(9-5-2-6-10-18)20-16(22)15-11-13-7-3-4-8-14(13)23-15/h3-4,7-8,11H,2,5-6,9-10H2,1H3,(H,20,22). The number of nitrogens with zero attached hydrogens (tertiary/aromatic N) is 2. The number of aromatic nitrogens is 2. The van der Waals surface area contributed by atoms with Crippen molar-refractivity contribution in [2.75, 3.05) is 0 Å². The molecule has 6 nitrogen and oxygen atoms in total. The highest BCUT2D eigenvalue weighted by atomic mass is 16.5. The van der Waals surface area contributed by atoms with Crippen LogP contribution in [0.3, 0.4) is 0 Å². The fourth-order valence-corrected chi connectivity index (χ4v) is 3.43. The van der Waals surface area contributed by atoms with E-state index in [4.69, 9.17) is 8.94 Å². The van der Waals surface area contributed by atoms with Gasteiger partial charge in [0.15, 0.2) is 11.6 Å². The van der Waals surface area contributed by atoms with Crippen molar-refractivity contribution in [1.29, 1.82) is 0 Å². The van der Waals surface area contributed by atoms with Crippen LogP contribution in [0.15, 0.2) is 39.3 Å². The maximum atomic E-state index is 12.8. The molecule has 1 saturated carbocycles. The fraction of sp³-hybridized carbons (Fsp3) is 0.389. The third kappa shape index (κ3) is 2.58. The van der Waals surface area contributed by atoms with E-state index in [0.717, 1.165) is 37.5 Å². The smallest absolute Gasteiger partial charge is 0.287 e. The molecule has 1 aromatic carbocycles. The molecule has 0 radical (unpaired) electrons. The summed E-state index contributed by atoms with van der Waals surface area (Å²) in [5.41, 5.74) is 0.127. The van der Waals surface area contributed by atoms with Gasteiger partial charge >= 0.3 is 0 Å². The Balaban J connectivity index is 1.65. The molecule has 1 aliphatic carbocycles. The number of nitrogens with one attached hydrogen (secondary N) is 1. The van der Waals surface area contributed by atoms with Gasteiger partial charge in [-0.15, -0.1) is 0 Å². The van der Waals surface area contributed by atoms with Crippen LogP contribution < -0.4 is 5.32 Å². The molecule has 0 saturated heterocycles. The molecule has 0 aliphatic heterocycles. The van der Waals surface area contributed by atoms with Gasteiger partial charge in [0.25, 0.3) is 5.91 Å². The molecule has 1 fully saturated rings. The number of hydrogen-bond donors (Lipinski definition) is 1. The summed E-state index contributed by atoms with van der Waals surface area (Å²) in [5, 5.41) is 8.10. The molecule has 2 aromatic heterocycles. The lowest BCUT2D eigenvalue weighted by atomic mass is 9.81. The second-order valence-corrected chi connectivity index (χ2v) is 6.38. The van der Waals surface area contributed by atoms with Gasteiger partial charge < -0.3 is 14.3 Å². The van der Waals surface area contributed by atoms with E-state index < -0.39 is 5.54 Å². The van der Waals surface area contributed by atoms with Crippen molar-refractivity contribution < 1.29 is 13.7 Å². The number of rotatable bonds is 3. The quantitative estimate of drug-likeness (QED) is 0.794. The zero-order valence-electron chi connectivity index (χ0n) is 13.5. The molecule has 0 atom stereocenters. The predicted octanol–water partition coefficient (Wildman–Crippen LogP) is 3.71. The van der Waals surface area contributed by atoms with E-state index in [-0.39, 0.29) is 5.91 Å². The monoisotopic (exact) mass is 325 g/mol. The number of furan rings is 1. The maximum Gasteiger partial charge on any atom is 0.287 e. The normalized spacial score (nSPS) is 17.0. The number of carbonyl (C=O) groups is 1. The molecule has 1 N–H and O–H groups in total. The average Bonchev–Trinajstić information content (AvgIpc) is 3.22. The highest BCUT2D eigenvalue weighted by molar-refractivity contribution is 5.96. The fourth-order valence-electron chi connectivity index (χ4n) is 3.43. The van der Waals surface area contributed by atoms with Gasteiger partial charge in [0, 0.05) is 12.3 Å². The summed E-state index contributed by atoms with van der Waals surface area (Å²) in [6, 6.07) is 9.35. The third-order valence-electron chi connectivity index (χ3n) is 4.66. The van der Waals surface area contributed by atoms with E-state index in [1.807, 2.05) is 24.3 Å². The molecule has 3 aromatic rings. The van der Waals surface area contributed by atoms with E-state index in [2.05, 4.69) is 15.5 Å². The average molecular weight is 325 g/mol. The van der Waals surface area contributed by atoms with Crippen LogP contribution in [0.25, 0.3) is 11.0 Å². The second-order valence-electron chi connectivity index (χ2n) is 6.38. The van der Waals surface area contributed by atoms with Gasteiger partial charge in [0.1, 0.15) is 11.1 Å². The van der Waals surface area contributed by atoms with Crippen molar-refractivity contribution in [3.8, 4) is 0 Å². The highest BCUT2D eigenvalue weighted by Gasteiger charge is 2.40. The van der Waals surface area contributed by atoms with Crippen molar-refractivity contribution in [2.45, 2.75) is 44.6 Å². The number of para-hydroxylation sites is 1. The molecule has 0 bridgehead atoms. The van der Waals surface area contributed by atoms with Crippen molar-refractivity contribution in [2.24, 2.45) is 0 Å². The molecule has 24 heavy (non-hydrogen) atoms. The molecule has 4 rings (SSSR count). The van der Waals surface area contributed by atoms with Gasteiger partial charge in [-0.25, -0.2) is 0 Å². The van der Waals surface area contributed by atoms with E-state index >= 15 is 0 Å². The number of aryl methyl sites for hydroxylation is 1. The van der Waals surface area contributed by atoms with Crippen LogP contribution in [0, 0.1) is 6.92 Å². The van der Waals surface area contributed by atoms with E-state index in [1.54, 1.807) is 13.0 Å². The largest absolute Gasteiger partial charge is 0.451 e. The Bertz CT molecular complexity index is 841. The maximum absolute atomic E-state index is 12.8. The van der Waals surface area contributed by atoms with Crippen LogP contribution in [-0.2, 0) is 5.54 Å². The summed E-state index contributed by atoms with van der Waals surface area (Å²) in [4.78, 5) is 17.1. The lowest BCUT2D eigenvalue weighted by Gasteiger charge is -2.34. The molecule has 1 aliphatic rings. The van der Waals surface area contributed by atoms with Crippen molar-refractivity contribution in [1.82, 2.24) is 15.5 Å². The Labute approximate surface area is 139 Å². The molecular formula is C18H19N3O3. The second kappa shape index (κ2) is 5.78. The Kier molecular flexibility index (Phi) is 3.59. The zero-order chi connectivity index (χ0) is 16.6. The Hall–Kier alpha value is -2.63. The first-order chi connectivity index (χ1) is 11.7. The molecule has 1 amide bonds. The van der Waals surface area contributed by atoms with Crippen LogP contribution in [0.5, 0.6) is 0 Å². The molecule has 2 heterocycles. The van der Waals surface area contributed by atoms with Crippen LogP contribution in [-0.4, -0.2) is 16.0 Å². The van der Waals surface area contributed by atoms with Gasteiger partial charge in [-0.2, -0.15) is 4.98 Å². The van der Waals surface area contributed by atoms with Crippen LogP contribution in [0.1, 0.15) is 54.4 Å². The van der Waals surface area contributed by atoms with E-state index in [0.29, 0.717) is 23.1 Å². The minimum atomic E-state index is -0.577. The lowest BCUT2D eigenvalue weighted by Crippen LogP contribution is -2.48. The summed E-state index contributed by atoms with van der Waals surface area (Å²) >= 11 is 0. The topological polar surface area (TPSA) is 81.2 Å². The van der Waals surface area contributed by atoms with Crippen molar-refractivity contribution in [3.63, 3.8) is 0 Å². The molecule has 6 heteroatoms. The molecule has 0 spiro atoms. The SMILES string of the molecule is Cc1nc(C2(NC(=O)c3cc4ccccc4o3)CCCCC2)no1. The van der Waals surface area contributed by atoms with Crippen molar-refractivity contribution in [3.05, 3.63) is 47.8 Å². The summed E-state index contributed by atoms with van der Waals surface area (Å²) in [7, 11) is 0. The Morgan fingerprint density at radius 1 is 1.21 bits per heavy atom. The van der Waals surface area contributed by atoms with Crippen LogP contribution in [0.4, 0.5) is 0 Å². The minimum absolute atomic E-state index is 0.240. The summed E-state index contributed by atoms with van der Waals surface area (Å²) in [6.45, 7) is 1.76. The zero-order valence-corrected chi connectivity index (χ0v) is 13.5. The Morgan fingerprint density at radius 2 is 2.00 bits per heavy atom. The highest BCUT2D eigenvalue weighted by Crippen LogP contribution is 2.36. The first-order valence-corrected chi connectivity index (χ1v) is 8.28. The first kappa shape index (κ1) is 14.9.